The van der Waals surface area contributed by atoms with Gasteiger partial charge >= 0.3 is 11.9 Å². The van der Waals surface area contributed by atoms with Gasteiger partial charge in [-0.25, -0.2) is 9.59 Å². The minimum atomic E-state index is -1.24. The van der Waals surface area contributed by atoms with Crippen LogP contribution >= 0.6 is 117 Å². The SMILES string of the molecule is CCCCSC1=C(SCCCC)SC(=C(C(=C2SC(SCCCC)=C(SCCCC)S2)c2ccc(-c3ccc(/C=C(\C#N)C(=O)O)s3)cc2)c2ccc(-c3ccc(/C=C(\C#N)C(=O)O)s3)cc2)S1. The van der Waals surface area contributed by atoms with Crippen molar-refractivity contribution >= 4 is 152 Å². The van der Waals surface area contributed by atoms with Gasteiger partial charge in [0.2, 0.25) is 0 Å². The quantitative estimate of drug-likeness (QED) is 0.0372. The lowest BCUT2D eigenvalue weighted by atomic mass is 9.93. The van der Waals surface area contributed by atoms with E-state index in [0.717, 1.165) is 106 Å². The third-order valence-corrected chi connectivity index (χ3v) is 23.7. The highest BCUT2D eigenvalue weighted by Crippen LogP contribution is 2.65. The van der Waals surface area contributed by atoms with E-state index in [2.05, 4.69) is 76.2 Å². The van der Waals surface area contributed by atoms with Crippen LogP contribution in [0, 0.1) is 22.7 Å². The molecule has 0 unspecified atom stereocenters. The molecule has 0 saturated heterocycles. The molecular weight excluding hydrogens is 1040 g/mol. The van der Waals surface area contributed by atoms with Gasteiger partial charge in [-0.3, -0.25) is 0 Å². The van der Waals surface area contributed by atoms with E-state index in [1.807, 2.05) is 118 Å². The summed E-state index contributed by atoms with van der Waals surface area (Å²) in [4.78, 5) is 26.6. The monoisotopic (exact) mass is 1090 g/mol. The zero-order valence-corrected chi connectivity index (χ0v) is 46.4. The maximum Gasteiger partial charge on any atom is 0.346 e. The summed E-state index contributed by atoms with van der Waals surface area (Å²) in [6, 6.07) is 28.8. The van der Waals surface area contributed by atoms with Crippen molar-refractivity contribution in [2.24, 2.45) is 0 Å². The van der Waals surface area contributed by atoms with Gasteiger partial charge in [0, 0.05) is 30.7 Å². The number of hydrogen-bond acceptors (Lipinski definition) is 14. The first-order valence-corrected chi connectivity index (χ1v) is 31.3. The Morgan fingerprint density at radius 3 is 1.07 bits per heavy atom. The third kappa shape index (κ3) is 15.0. The van der Waals surface area contributed by atoms with Crippen molar-refractivity contribution in [3.8, 4) is 33.0 Å². The van der Waals surface area contributed by atoms with Crippen molar-refractivity contribution in [2.75, 3.05) is 23.0 Å². The minimum absolute atomic E-state index is 0.295. The van der Waals surface area contributed by atoms with Crippen LogP contribution in [0.1, 0.15) is 99.9 Å². The van der Waals surface area contributed by atoms with Gasteiger partial charge in [-0.1, -0.05) is 149 Å². The number of carboxylic acid groups (broad SMARTS) is 2. The minimum Gasteiger partial charge on any atom is -0.477 e. The number of nitrogens with zero attached hydrogens (tertiary/aromatic N) is 2. The summed E-state index contributed by atoms with van der Waals surface area (Å²) in [7, 11) is 0. The van der Waals surface area contributed by atoms with Crippen molar-refractivity contribution in [3.05, 3.63) is 130 Å². The van der Waals surface area contributed by atoms with Gasteiger partial charge in [-0.15, -0.1) is 69.7 Å². The van der Waals surface area contributed by atoms with Crippen LogP contribution in [0.15, 0.2) is 109 Å². The molecule has 0 atom stereocenters. The fourth-order valence-electron chi connectivity index (χ4n) is 6.41. The van der Waals surface area contributed by atoms with E-state index in [1.165, 1.54) is 71.4 Å². The van der Waals surface area contributed by atoms with Gasteiger partial charge in [0.25, 0.3) is 0 Å². The molecule has 68 heavy (non-hydrogen) atoms. The topological polar surface area (TPSA) is 122 Å². The van der Waals surface area contributed by atoms with E-state index < -0.39 is 11.9 Å². The molecule has 6 rings (SSSR count). The van der Waals surface area contributed by atoms with Crippen molar-refractivity contribution in [2.45, 2.75) is 79.1 Å². The van der Waals surface area contributed by atoms with Crippen molar-refractivity contribution in [3.63, 3.8) is 0 Å². The second kappa shape index (κ2) is 28.1. The maximum atomic E-state index is 11.6. The average Bonchev–Trinajstić information content (AvgIpc) is 4.17. The molecule has 0 radical (unpaired) electrons. The van der Waals surface area contributed by atoms with E-state index in [4.69, 9.17) is 0 Å². The first-order chi connectivity index (χ1) is 33.1. The van der Waals surface area contributed by atoms with E-state index in [-0.39, 0.29) is 11.1 Å². The van der Waals surface area contributed by atoms with Gasteiger partial charge < -0.3 is 10.2 Å². The molecule has 2 aliphatic heterocycles. The highest BCUT2D eigenvalue weighted by Gasteiger charge is 2.32. The number of hydrogen-bond donors (Lipinski definition) is 2. The highest BCUT2D eigenvalue weighted by atomic mass is 32.3. The predicted molar refractivity (Wildman–Crippen MR) is 310 cm³/mol. The Bertz CT molecular complexity index is 2470. The van der Waals surface area contributed by atoms with Crippen LogP contribution < -0.4 is 0 Å². The highest BCUT2D eigenvalue weighted by molar-refractivity contribution is 8.41. The second-order valence-corrected chi connectivity index (χ2v) is 27.5. The van der Waals surface area contributed by atoms with Gasteiger partial charge in [-0.05, 0) is 107 Å². The molecule has 0 bridgehead atoms. The van der Waals surface area contributed by atoms with Crippen LogP contribution in [0.2, 0.25) is 0 Å². The van der Waals surface area contributed by atoms with Crippen LogP contribution in [0.5, 0.6) is 0 Å². The number of carbonyl (C=O) groups is 2. The first kappa shape index (κ1) is 54.3. The number of thioether (sulfide) groups is 8. The number of thiophene rings is 2. The van der Waals surface area contributed by atoms with Crippen LogP contribution in [-0.4, -0.2) is 45.2 Å². The lowest BCUT2D eigenvalue weighted by Crippen LogP contribution is -1.96. The number of aliphatic carboxylic acids is 2. The van der Waals surface area contributed by atoms with Crippen LogP contribution in [-0.2, 0) is 9.59 Å². The molecule has 0 amide bonds. The normalized spacial score (nSPS) is 14.2. The Hall–Kier alpha value is -3.00. The lowest BCUT2D eigenvalue weighted by Gasteiger charge is -2.19. The predicted octanol–water partition coefficient (Wildman–Crippen LogP) is 18.5. The lowest BCUT2D eigenvalue weighted by molar-refractivity contribution is -0.133. The van der Waals surface area contributed by atoms with Crippen molar-refractivity contribution in [1.29, 1.82) is 10.5 Å². The first-order valence-electron chi connectivity index (χ1n) is 22.4. The van der Waals surface area contributed by atoms with Crippen LogP contribution in [0.4, 0.5) is 0 Å². The summed E-state index contributed by atoms with van der Waals surface area (Å²) in [5, 5.41) is 37.8. The van der Waals surface area contributed by atoms with E-state index >= 15 is 0 Å². The van der Waals surface area contributed by atoms with E-state index in [1.54, 1.807) is 12.1 Å². The Labute approximate surface area is 443 Å². The fourth-order valence-corrected chi connectivity index (χ4v) is 20.9. The number of nitriles is 2. The van der Waals surface area contributed by atoms with Gasteiger partial charge in [0.05, 0.1) is 25.4 Å². The van der Waals surface area contributed by atoms with Crippen LogP contribution in [0.3, 0.4) is 0 Å². The van der Waals surface area contributed by atoms with Gasteiger partial charge in [0.15, 0.2) is 0 Å². The molecule has 2 aromatic carbocycles. The van der Waals surface area contributed by atoms with Crippen molar-refractivity contribution in [1.82, 2.24) is 0 Å². The van der Waals surface area contributed by atoms with Crippen molar-refractivity contribution < 1.29 is 19.8 Å². The number of benzene rings is 2. The smallest absolute Gasteiger partial charge is 0.346 e. The largest absolute Gasteiger partial charge is 0.477 e. The Morgan fingerprint density at radius 2 is 0.809 bits per heavy atom. The Morgan fingerprint density at radius 1 is 0.500 bits per heavy atom. The zero-order valence-electron chi connectivity index (χ0n) is 38.3. The van der Waals surface area contributed by atoms with E-state index in [9.17, 15) is 30.3 Å². The molecule has 6 nitrogen and oxygen atoms in total. The standard InChI is InChI=1S/C52H52N2O4S10/c1-5-9-25-59-49-50(60-26-10-6-2)66-47(65-49)43(35-17-13-33(14-18-35)41-23-21-39(63-41)29-37(31-53)45(55)56)44(48-67-51(61-27-11-7-3)52(68-48)62-28-12-8-4)36-19-15-34(16-20-36)42-24-22-40(64-42)30-38(32-54)46(57)58/h13-24,29-30H,5-12,25-28H2,1-4H3,(H,55,56)(H,57,58)/b37-29+,38-30+. The Balaban J connectivity index is 1.52. The molecule has 354 valence electrons. The third-order valence-electron chi connectivity index (χ3n) is 10.1. The molecule has 4 heterocycles. The zero-order chi connectivity index (χ0) is 48.4. The molecule has 2 N–H and O–H groups in total. The summed E-state index contributed by atoms with van der Waals surface area (Å²) >= 11 is 18.5. The van der Waals surface area contributed by atoms with E-state index in [0.29, 0.717) is 9.75 Å². The fraction of sp³-hybridized carbons (Fsp3) is 0.308. The summed E-state index contributed by atoms with van der Waals surface area (Å²) in [6.45, 7) is 9.00. The number of carboxylic acids is 2. The Kier molecular flexibility index (Phi) is 22.5. The van der Waals surface area contributed by atoms with Gasteiger partial charge in [0.1, 0.15) is 23.3 Å². The molecule has 0 fully saturated rings. The molecule has 0 spiro atoms. The molecular formula is C52H52N2O4S10. The second-order valence-electron chi connectivity index (χ2n) is 15.2. The summed E-state index contributed by atoms with van der Waals surface area (Å²) in [5.41, 5.74) is 6.04. The summed E-state index contributed by atoms with van der Waals surface area (Å²) in [6.07, 6.45) is 12.1. The molecule has 4 aromatic rings. The number of unbranched alkanes of at least 4 members (excludes halogenated alkanes) is 4. The van der Waals surface area contributed by atoms with Crippen LogP contribution in [0.25, 0.3) is 44.2 Å². The molecule has 0 saturated carbocycles. The summed E-state index contributed by atoms with van der Waals surface area (Å²) < 4.78 is 8.05. The number of allylic oxidation sites excluding steroid dienone is 2. The molecule has 2 aliphatic rings. The number of rotatable bonds is 25. The molecule has 2 aromatic heterocycles. The van der Waals surface area contributed by atoms with Gasteiger partial charge in [-0.2, -0.15) is 10.5 Å². The average molecular weight is 1090 g/mol. The maximum absolute atomic E-state index is 11.6. The summed E-state index contributed by atoms with van der Waals surface area (Å²) in [5.74, 6) is 1.82. The molecule has 16 heteroatoms. The molecule has 0 aliphatic carbocycles.